The fourth-order valence-electron chi connectivity index (χ4n) is 3.94. The molecule has 1 aliphatic rings. The molecule has 0 unspecified atom stereocenters. The van der Waals surface area contributed by atoms with Gasteiger partial charge in [0.2, 0.25) is 0 Å². The number of aryl methyl sites for hydroxylation is 2. The molecule has 0 spiro atoms. The van der Waals surface area contributed by atoms with E-state index in [1.165, 1.54) is 5.69 Å². The van der Waals surface area contributed by atoms with Crippen LogP contribution in [0.25, 0.3) is 22.0 Å². The normalized spacial score (nSPS) is 14.2. The van der Waals surface area contributed by atoms with Gasteiger partial charge in [0.25, 0.3) is 5.56 Å². The van der Waals surface area contributed by atoms with Gasteiger partial charge in [-0.25, -0.2) is 4.98 Å². The molecule has 0 amide bonds. The Morgan fingerprint density at radius 1 is 1.16 bits per heavy atom. The monoisotopic (exact) mass is 416 g/mol. The topological polar surface area (TPSA) is 88.1 Å². The lowest BCUT2D eigenvalue weighted by molar-refractivity contribution is 0.122. The van der Waals surface area contributed by atoms with Crippen LogP contribution in [0.3, 0.4) is 0 Å². The van der Waals surface area contributed by atoms with Crippen molar-refractivity contribution in [3.63, 3.8) is 0 Å². The predicted octanol–water partition coefficient (Wildman–Crippen LogP) is 3.21. The molecular formula is C23H24N6O2. The van der Waals surface area contributed by atoms with Crippen LogP contribution in [0.4, 0.5) is 17.2 Å². The highest BCUT2D eigenvalue weighted by molar-refractivity contribution is 5.95. The molecule has 1 fully saturated rings. The number of hydrogen-bond acceptors (Lipinski definition) is 6. The highest BCUT2D eigenvalue weighted by Crippen LogP contribution is 2.30. The van der Waals surface area contributed by atoms with Crippen molar-refractivity contribution in [3.05, 3.63) is 64.8 Å². The Morgan fingerprint density at radius 3 is 2.74 bits per heavy atom. The Kier molecular flexibility index (Phi) is 4.91. The summed E-state index contributed by atoms with van der Waals surface area (Å²) in [5.74, 6) is 0.528. The summed E-state index contributed by atoms with van der Waals surface area (Å²) in [6, 6.07) is 10.1. The van der Waals surface area contributed by atoms with Crippen LogP contribution in [0.2, 0.25) is 0 Å². The van der Waals surface area contributed by atoms with Crippen molar-refractivity contribution in [2.24, 2.45) is 7.05 Å². The van der Waals surface area contributed by atoms with Crippen LogP contribution in [0.15, 0.2) is 53.7 Å². The Balaban J connectivity index is 1.56. The van der Waals surface area contributed by atoms with E-state index in [1.807, 2.05) is 31.4 Å². The fraction of sp³-hybridized carbons (Fsp3) is 0.261. The molecule has 1 aromatic carbocycles. The lowest BCUT2D eigenvalue weighted by Crippen LogP contribution is -2.36. The molecule has 0 saturated carbocycles. The van der Waals surface area contributed by atoms with Crippen molar-refractivity contribution in [2.45, 2.75) is 6.92 Å². The first-order chi connectivity index (χ1) is 15.1. The molecule has 8 nitrogen and oxygen atoms in total. The molecule has 1 saturated heterocycles. The van der Waals surface area contributed by atoms with Crippen LogP contribution in [0.1, 0.15) is 5.56 Å². The number of aromatic amines is 1. The quantitative estimate of drug-likeness (QED) is 0.531. The molecule has 5 rings (SSSR count). The van der Waals surface area contributed by atoms with Crippen molar-refractivity contribution < 1.29 is 4.74 Å². The van der Waals surface area contributed by atoms with E-state index in [1.54, 1.807) is 17.1 Å². The highest BCUT2D eigenvalue weighted by Gasteiger charge is 2.15. The zero-order valence-electron chi connectivity index (χ0n) is 17.6. The fourth-order valence-corrected chi connectivity index (χ4v) is 3.94. The molecule has 4 aromatic rings. The molecule has 31 heavy (non-hydrogen) atoms. The van der Waals surface area contributed by atoms with Gasteiger partial charge < -0.3 is 19.9 Å². The predicted molar refractivity (Wildman–Crippen MR) is 122 cm³/mol. The maximum Gasteiger partial charge on any atom is 0.259 e. The zero-order valence-corrected chi connectivity index (χ0v) is 17.6. The van der Waals surface area contributed by atoms with Gasteiger partial charge in [0.15, 0.2) is 0 Å². The van der Waals surface area contributed by atoms with E-state index < -0.39 is 0 Å². The van der Waals surface area contributed by atoms with E-state index in [0.29, 0.717) is 11.2 Å². The molecule has 4 heterocycles. The summed E-state index contributed by atoms with van der Waals surface area (Å²) in [6.07, 6.45) is 5.34. The smallest absolute Gasteiger partial charge is 0.259 e. The first-order valence-corrected chi connectivity index (χ1v) is 10.3. The summed E-state index contributed by atoms with van der Waals surface area (Å²) in [5, 5.41) is 9.00. The number of pyridine rings is 2. The summed E-state index contributed by atoms with van der Waals surface area (Å²) in [4.78, 5) is 22.5. The van der Waals surface area contributed by atoms with Crippen LogP contribution in [-0.4, -0.2) is 46.1 Å². The maximum atomic E-state index is 12.6. The van der Waals surface area contributed by atoms with E-state index in [-0.39, 0.29) is 5.56 Å². The van der Waals surface area contributed by atoms with E-state index in [4.69, 9.17) is 9.72 Å². The first kappa shape index (κ1) is 19.3. The van der Waals surface area contributed by atoms with Gasteiger partial charge in [-0.2, -0.15) is 5.10 Å². The second-order valence-corrected chi connectivity index (χ2v) is 7.75. The van der Waals surface area contributed by atoms with Crippen LogP contribution in [0, 0.1) is 6.92 Å². The van der Waals surface area contributed by atoms with Gasteiger partial charge in [-0.1, -0.05) is 0 Å². The minimum atomic E-state index is -0.173. The van der Waals surface area contributed by atoms with Gasteiger partial charge >= 0.3 is 0 Å². The van der Waals surface area contributed by atoms with Gasteiger partial charge in [0.05, 0.1) is 30.5 Å². The van der Waals surface area contributed by atoms with Gasteiger partial charge in [-0.3, -0.25) is 9.48 Å². The lowest BCUT2D eigenvalue weighted by atomic mass is 10.1. The van der Waals surface area contributed by atoms with Crippen molar-refractivity contribution in [3.8, 4) is 11.3 Å². The molecular weight excluding hydrogens is 392 g/mol. The number of aromatic nitrogens is 4. The van der Waals surface area contributed by atoms with E-state index >= 15 is 0 Å². The number of H-pyrrole nitrogens is 1. The summed E-state index contributed by atoms with van der Waals surface area (Å²) < 4.78 is 7.19. The SMILES string of the molecule is Cc1cc(N2CCOCC2)ccc1Nc1nc(-c2cnn(C)c2)cc2cc[nH]c(=O)c12. The van der Waals surface area contributed by atoms with Gasteiger partial charge in [0, 0.05) is 49.5 Å². The number of hydrogen-bond donors (Lipinski definition) is 2. The minimum Gasteiger partial charge on any atom is -0.378 e. The number of nitrogens with one attached hydrogen (secondary N) is 2. The van der Waals surface area contributed by atoms with Crippen molar-refractivity contribution in [1.29, 1.82) is 0 Å². The van der Waals surface area contributed by atoms with Crippen LogP contribution in [-0.2, 0) is 11.8 Å². The Morgan fingerprint density at radius 2 is 2.00 bits per heavy atom. The molecule has 0 aliphatic carbocycles. The Hall–Kier alpha value is -3.65. The Bertz CT molecular complexity index is 1300. The third-order valence-corrected chi connectivity index (χ3v) is 5.59. The minimum absolute atomic E-state index is 0.173. The van der Waals surface area contributed by atoms with E-state index in [2.05, 4.69) is 39.4 Å². The largest absolute Gasteiger partial charge is 0.378 e. The molecule has 3 aromatic heterocycles. The number of benzene rings is 1. The van der Waals surface area contributed by atoms with Crippen LogP contribution >= 0.6 is 0 Å². The molecule has 158 valence electrons. The van der Waals surface area contributed by atoms with E-state index in [9.17, 15) is 4.79 Å². The summed E-state index contributed by atoms with van der Waals surface area (Å²) in [7, 11) is 1.87. The van der Waals surface area contributed by atoms with E-state index in [0.717, 1.165) is 54.2 Å². The number of rotatable bonds is 4. The van der Waals surface area contributed by atoms with Gasteiger partial charge in [0.1, 0.15) is 5.82 Å². The van der Waals surface area contributed by atoms with Gasteiger partial charge in [-0.15, -0.1) is 0 Å². The molecule has 0 bridgehead atoms. The number of nitrogens with zero attached hydrogens (tertiary/aromatic N) is 4. The average Bonchev–Trinajstić information content (AvgIpc) is 3.22. The van der Waals surface area contributed by atoms with Crippen LogP contribution in [0.5, 0.6) is 0 Å². The summed E-state index contributed by atoms with van der Waals surface area (Å²) in [5.41, 5.74) is 4.65. The number of morpholine rings is 1. The summed E-state index contributed by atoms with van der Waals surface area (Å²) >= 11 is 0. The number of fused-ring (bicyclic) bond motifs is 1. The summed E-state index contributed by atoms with van der Waals surface area (Å²) in [6.45, 7) is 5.34. The van der Waals surface area contributed by atoms with Crippen molar-refractivity contribution in [1.82, 2.24) is 19.7 Å². The third kappa shape index (κ3) is 3.77. The molecule has 1 aliphatic heterocycles. The zero-order chi connectivity index (χ0) is 21.4. The highest BCUT2D eigenvalue weighted by atomic mass is 16.5. The molecule has 0 radical (unpaired) electrons. The third-order valence-electron chi connectivity index (χ3n) is 5.59. The standard InChI is InChI=1S/C23H24N6O2/c1-15-11-18(29-7-9-31-10-8-29)3-4-19(15)26-22-21-16(5-6-24-23(21)30)12-20(27-22)17-13-25-28(2)14-17/h3-6,11-14H,7-10H2,1-2H3,(H,24,30)(H,26,27). The molecule has 2 N–H and O–H groups in total. The Labute approximate surface area is 179 Å². The van der Waals surface area contributed by atoms with Crippen LogP contribution < -0.4 is 15.8 Å². The van der Waals surface area contributed by atoms with Crippen molar-refractivity contribution >= 4 is 28.0 Å². The van der Waals surface area contributed by atoms with Crippen molar-refractivity contribution in [2.75, 3.05) is 36.5 Å². The second kappa shape index (κ2) is 7.88. The van der Waals surface area contributed by atoms with Gasteiger partial charge in [-0.05, 0) is 48.2 Å². The number of ether oxygens (including phenoxy) is 1. The maximum absolute atomic E-state index is 12.6. The lowest BCUT2D eigenvalue weighted by Gasteiger charge is -2.29. The molecule has 8 heteroatoms. The number of anilines is 3. The first-order valence-electron chi connectivity index (χ1n) is 10.3. The molecule has 0 atom stereocenters. The average molecular weight is 416 g/mol. The second-order valence-electron chi connectivity index (χ2n) is 7.75.